The van der Waals surface area contributed by atoms with Gasteiger partial charge in [0.25, 0.3) is 0 Å². The molecule has 26 heavy (non-hydrogen) atoms. The Kier molecular flexibility index (Phi) is 5.52. The summed E-state index contributed by atoms with van der Waals surface area (Å²) in [7, 11) is 0. The number of hydrogen-bond donors (Lipinski definition) is 3. The van der Waals surface area contributed by atoms with E-state index in [2.05, 4.69) is 21.0 Å². The molecule has 0 aliphatic heterocycles. The second-order valence-corrected chi connectivity index (χ2v) is 6.72. The van der Waals surface area contributed by atoms with Crippen molar-refractivity contribution in [2.24, 2.45) is 0 Å². The van der Waals surface area contributed by atoms with Crippen LogP contribution in [0.3, 0.4) is 0 Å². The molecule has 0 aliphatic carbocycles. The Labute approximate surface area is 155 Å². The van der Waals surface area contributed by atoms with E-state index in [4.69, 9.17) is 0 Å². The van der Waals surface area contributed by atoms with Crippen LogP contribution in [0, 0.1) is 0 Å². The van der Waals surface area contributed by atoms with Gasteiger partial charge < -0.3 is 16.0 Å². The summed E-state index contributed by atoms with van der Waals surface area (Å²) < 4.78 is 1.83. The van der Waals surface area contributed by atoms with Gasteiger partial charge in [0, 0.05) is 29.0 Å². The first-order chi connectivity index (χ1) is 12.6. The highest BCUT2D eigenvalue weighted by Gasteiger charge is 2.14. The maximum atomic E-state index is 12.3. The molecular formula is C18H21N5O2S. The topological polar surface area (TPSA) is 88.1 Å². The van der Waals surface area contributed by atoms with Crippen molar-refractivity contribution in [2.45, 2.75) is 26.8 Å². The van der Waals surface area contributed by atoms with Gasteiger partial charge >= 0.3 is 6.03 Å². The van der Waals surface area contributed by atoms with Gasteiger partial charge in [-0.25, -0.2) is 4.79 Å². The van der Waals surface area contributed by atoms with Crippen molar-refractivity contribution in [3.63, 3.8) is 0 Å². The summed E-state index contributed by atoms with van der Waals surface area (Å²) in [5, 5.41) is 15.6. The van der Waals surface area contributed by atoms with E-state index in [1.54, 1.807) is 11.3 Å². The predicted molar refractivity (Wildman–Crippen MR) is 105 cm³/mol. The van der Waals surface area contributed by atoms with Gasteiger partial charge in [0.15, 0.2) is 5.82 Å². The highest BCUT2D eigenvalue weighted by Crippen LogP contribution is 2.26. The van der Waals surface area contributed by atoms with Crippen LogP contribution in [0.25, 0.3) is 10.9 Å². The van der Waals surface area contributed by atoms with Crippen LogP contribution in [0.1, 0.15) is 18.7 Å². The van der Waals surface area contributed by atoms with Gasteiger partial charge in [-0.1, -0.05) is 6.07 Å². The second-order valence-electron chi connectivity index (χ2n) is 5.69. The van der Waals surface area contributed by atoms with E-state index in [0.717, 1.165) is 15.8 Å². The quantitative estimate of drug-likeness (QED) is 0.620. The molecule has 0 bridgehead atoms. The van der Waals surface area contributed by atoms with E-state index in [0.29, 0.717) is 31.0 Å². The fourth-order valence-corrected chi connectivity index (χ4v) is 3.38. The minimum absolute atomic E-state index is 0.114. The summed E-state index contributed by atoms with van der Waals surface area (Å²) >= 11 is 1.55. The molecule has 7 nitrogen and oxygen atoms in total. The Hall–Kier alpha value is -2.87. The van der Waals surface area contributed by atoms with Crippen molar-refractivity contribution in [2.75, 3.05) is 17.2 Å². The van der Waals surface area contributed by atoms with Crippen LogP contribution >= 0.6 is 11.3 Å². The molecular weight excluding hydrogens is 350 g/mol. The van der Waals surface area contributed by atoms with Crippen LogP contribution in [0.15, 0.2) is 35.7 Å². The number of rotatable bonds is 6. The molecule has 0 saturated heterocycles. The third-order valence-corrected chi connectivity index (χ3v) is 4.69. The molecule has 3 aromatic rings. The van der Waals surface area contributed by atoms with Crippen LogP contribution in [0.2, 0.25) is 0 Å². The summed E-state index contributed by atoms with van der Waals surface area (Å²) in [6.45, 7) is 5.08. The maximum absolute atomic E-state index is 12.3. The molecule has 3 N–H and O–H groups in total. The molecule has 2 aromatic heterocycles. The Balaban J connectivity index is 1.85. The molecule has 0 fully saturated rings. The highest BCUT2D eigenvalue weighted by atomic mass is 32.1. The van der Waals surface area contributed by atoms with Gasteiger partial charge in [0.05, 0.1) is 11.9 Å². The van der Waals surface area contributed by atoms with E-state index in [9.17, 15) is 9.59 Å². The second kappa shape index (κ2) is 8.01. The first-order valence-corrected chi connectivity index (χ1v) is 9.36. The SMILES string of the molecule is CCNC(=O)Nc1ccc2c(c1)c(NC(=O)Cc1cccs1)nn2CC. The number of aromatic nitrogens is 2. The van der Waals surface area contributed by atoms with Gasteiger partial charge in [-0.3, -0.25) is 9.48 Å². The smallest absolute Gasteiger partial charge is 0.319 e. The van der Waals surface area contributed by atoms with E-state index in [-0.39, 0.29) is 11.9 Å². The molecule has 8 heteroatoms. The lowest BCUT2D eigenvalue weighted by Crippen LogP contribution is -2.28. The number of nitrogens with zero attached hydrogens (tertiary/aromatic N) is 2. The minimum atomic E-state index is -0.266. The van der Waals surface area contributed by atoms with Crippen LogP contribution in [-0.4, -0.2) is 28.3 Å². The van der Waals surface area contributed by atoms with Gasteiger partial charge in [-0.2, -0.15) is 5.10 Å². The maximum Gasteiger partial charge on any atom is 0.319 e. The number of carbonyl (C=O) groups is 2. The van der Waals surface area contributed by atoms with Crippen molar-refractivity contribution in [1.82, 2.24) is 15.1 Å². The number of aryl methyl sites for hydroxylation is 1. The standard InChI is InChI=1S/C18H21N5O2S/c1-3-19-18(25)20-12-7-8-15-14(10-12)17(22-23(15)4-2)21-16(24)11-13-6-5-9-26-13/h5-10H,3-4,11H2,1-2H3,(H2,19,20,25)(H,21,22,24). The lowest BCUT2D eigenvalue weighted by molar-refractivity contribution is -0.115. The number of benzene rings is 1. The largest absolute Gasteiger partial charge is 0.338 e. The molecule has 3 amide bonds. The van der Waals surface area contributed by atoms with Crippen molar-refractivity contribution >= 4 is 45.7 Å². The number of nitrogens with one attached hydrogen (secondary N) is 3. The summed E-state index contributed by atoms with van der Waals surface area (Å²) in [5.74, 6) is 0.389. The molecule has 0 spiro atoms. The average Bonchev–Trinajstić information content (AvgIpc) is 3.23. The Morgan fingerprint density at radius 3 is 2.73 bits per heavy atom. The van der Waals surface area contributed by atoms with Crippen LogP contribution < -0.4 is 16.0 Å². The molecule has 0 atom stereocenters. The zero-order chi connectivity index (χ0) is 18.5. The lowest BCUT2D eigenvalue weighted by atomic mass is 10.2. The molecule has 0 aliphatic rings. The first-order valence-electron chi connectivity index (χ1n) is 8.48. The number of urea groups is 1. The van der Waals surface area contributed by atoms with Gasteiger partial charge in [0.1, 0.15) is 0 Å². The van der Waals surface area contributed by atoms with Crippen molar-refractivity contribution in [1.29, 1.82) is 0 Å². The minimum Gasteiger partial charge on any atom is -0.338 e. The van der Waals surface area contributed by atoms with Gasteiger partial charge in [-0.05, 0) is 43.5 Å². The van der Waals surface area contributed by atoms with Gasteiger partial charge in [0.2, 0.25) is 5.91 Å². The Morgan fingerprint density at radius 2 is 2.04 bits per heavy atom. The molecule has 0 saturated carbocycles. The fraction of sp³-hybridized carbons (Fsp3) is 0.278. The van der Waals surface area contributed by atoms with E-state index >= 15 is 0 Å². The van der Waals surface area contributed by atoms with Crippen LogP contribution in [0.5, 0.6) is 0 Å². The van der Waals surface area contributed by atoms with Crippen molar-refractivity contribution in [3.8, 4) is 0 Å². The normalized spacial score (nSPS) is 10.7. The van der Waals surface area contributed by atoms with Crippen LogP contribution in [-0.2, 0) is 17.8 Å². The summed E-state index contributed by atoms with van der Waals surface area (Å²) in [6, 6.07) is 9.13. The van der Waals surface area contributed by atoms with E-state index in [1.165, 1.54) is 0 Å². The predicted octanol–water partition coefficient (Wildman–Crippen LogP) is 3.44. The molecule has 3 rings (SSSR count). The monoisotopic (exact) mass is 371 g/mol. The van der Waals surface area contributed by atoms with E-state index in [1.807, 2.05) is 54.2 Å². The number of amides is 3. The number of fused-ring (bicyclic) bond motifs is 1. The Morgan fingerprint density at radius 1 is 1.19 bits per heavy atom. The highest BCUT2D eigenvalue weighted by molar-refractivity contribution is 7.10. The summed E-state index contributed by atoms with van der Waals surface area (Å²) in [5.41, 5.74) is 1.55. The van der Waals surface area contributed by atoms with Crippen molar-refractivity contribution in [3.05, 3.63) is 40.6 Å². The zero-order valence-electron chi connectivity index (χ0n) is 14.7. The lowest BCUT2D eigenvalue weighted by Gasteiger charge is -2.06. The summed E-state index contributed by atoms with van der Waals surface area (Å²) in [4.78, 5) is 25.1. The first kappa shape index (κ1) is 17.9. The van der Waals surface area contributed by atoms with Crippen molar-refractivity contribution < 1.29 is 9.59 Å². The number of hydrogen-bond acceptors (Lipinski definition) is 4. The fourth-order valence-electron chi connectivity index (χ4n) is 2.67. The molecule has 2 heterocycles. The van der Waals surface area contributed by atoms with Gasteiger partial charge in [-0.15, -0.1) is 11.3 Å². The third kappa shape index (κ3) is 4.02. The number of anilines is 2. The Bertz CT molecular complexity index is 917. The summed E-state index contributed by atoms with van der Waals surface area (Å²) in [6.07, 6.45) is 0.314. The molecule has 1 aromatic carbocycles. The molecule has 136 valence electrons. The average molecular weight is 371 g/mol. The number of carbonyl (C=O) groups excluding carboxylic acids is 2. The molecule has 0 radical (unpaired) electrons. The van der Waals surface area contributed by atoms with Crippen LogP contribution in [0.4, 0.5) is 16.3 Å². The molecule has 0 unspecified atom stereocenters. The third-order valence-electron chi connectivity index (χ3n) is 3.82. The van der Waals surface area contributed by atoms with E-state index < -0.39 is 0 Å². The number of thiophene rings is 1. The zero-order valence-corrected chi connectivity index (χ0v) is 15.5.